The van der Waals surface area contributed by atoms with Crippen LogP contribution in [0.1, 0.15) is 13.8 Å². The Hall–Kier alpha value is -1.06. The maximum Gasteiger partial charge on any atom is 0.0465 e. The smallest absolute Gasteiger partial charge is 0.0465 e. The molecule has 4 heteroatoms. The van der Waals surface area contributed by atoms with Crippen LogP contribution in [0.2, 0.25) is 0 Å². The summed E-state index contributed by atoms with van der Waals surface area (Å²) in [6, 6.07) is 0. The van der Waals surface area contributed by atoms with Gasteiger partial charge in [0.25, 0.3) is 0 Å². The van der Waals surface area contributed by atoms with Gasteiger partial charge >= 0.3 is 0 Å². The molecule has 0 N–H and O–H groups in total. The summed E-state index contributed by atoms with van der Waals surface area (Å²) < 4.78 is 0. The van der Waals surface area contributed by atoms with Crippen LogP contribution in [0.3, 0.4) is 0 Å². The van der Waals surface area contributed by atoms with Gasteiger partial charge in [0.2, 0.25) is 0 Å². The Kier molecular flexibility index (Phi) is 2.61. The van der Waals surface area contributed by atoms with Crippen LogP contribution in [0, 0.1) is 10.4 Å². The van der Waals surface area contributed by atoms with E-state index in [-0.39, 0.29) is 11.4 Å². The summed E-state index contributed by atoms with van der Waals surface area (Å²) in [7, 11) is 0. The van der Waals surface area contributed by atoms with Gasteiger partial charge in [0.05, 0.1) is 0 Å². The minimum Gasteiger partial charge on any atom is -0.792 e. The fourth-order valence-electron chi connectivity index (χ4n) is 0.132. The Labute approximate surface area is 47.1 Å². The normalized spacial score (nSPS) is 14.2. The zero-order valence-corrected chi connectivity index (χ0v) is 4.71. The van der Waals surface area contributed by atoms with Crippen molar-refractivity contribution in [2.45, 2.75) is 13.8 Å². The SMILES string of the molecule is CC(=N[O-])/C(C)=N/[O-]. The minimum absolute atomic E-state index is 0.139. The van der Waals surface area contributed by atoms with E-state index in [0.29, 0.717) is 0 Å². The lowest BCUT2D eigenvalue weighted by molar-refractivity contribution is 1.54. The zero-order chi connectivity index (χ0) is 6.57. The number of hydrogen-bond acceptors (Lipinski definition) is 4. The molecule has 0 aromatic carbocycles. The molecule has 0 aromatic heterocycles. The summed E-state index contributed by atoms with van der Waals surface area (Å²) in [5, 5.41) is 24.2. The summed E-state index contributed by atoms with van der Waals surface area (Å²) >= 11 is 0. The Morgan fingerprint density at radius 3 is 1.38 bits per heavy atom. The van der Waals surface area contributed by atoms with E-state index in [4.69, 9.17) is 0 Å². The van der Waals surface area contributed by atoms with Crippen LogP contribution in [0.25, 0.3) is 0 Å². The van der Waals surface area contributed by atoms with E-state index in [2.05, 4.69) is 10.3 Å². The molecule has 0 atom stereocenters. The van der Waals surface area contributed by atoms with Crippen molar-refractivity contribution in [3.05, 3.63) is 10.4 Å². The molecule has 0 aliphatic carbocycles. The van der Waals surface area contributed by atoms with Crippen molar-refractivity contribution in [2.24, 2.45) is 10.3 Å². The molecule has 4 nitrogen and oxygen atoms in total. The van der Waals surface area contributed by atoms with Crippen LogP contribution in [-0.2, 0) is 0 Å². The van der Waals surface area contributed by atoms with E-state index in [0.717, 1.165) is 0 Å². The first kappa shape index (κ1) is 6.94. The molecule has 0 bridgehead atoms. The standard InChI is InChI=1S/C4H8N2O2/c1-3(5-7)4(2)6-8/h7-8H,1-2H3/p-2/b5-3+,6-4?. The summed E-state index contributed by atoms with van der Waals surface area (Å²) in [5.74, 6) is 0. The monoisotopic (exact) mass is 114 g/mol. The lowest BCUT2D eigenvalue weighted by Crippen LogP contribution is -2.03. The Morgan fingerprint density at radius 1 is 1.00 bits per heavy atom. The summed E-state index contributed by atoms with van der Waals surface area (Å²) in [6.07, 6.45) is 0. The van der Waals surface area contributed by atoms with Crippen molar-refractivity contribution in [1.82, 2.24) is 0 Å². The topological polar surface area (TPSA) is 70.8 Å². The predicted octanol–water partition coefficient (Wildman–Crippen LogP) is 0.904. The zero-order valence-electron chi connectivity index (χ0n) is 4.71. The molecule has 0 fully saturated rings. The lowest BCUT2D eigenvalue weighted by Gasteiger charge is -2.02. The molecule has 0 saturated carbocycles. The third-order valence-corrected chi connectivity index (χ3v) is 0.797. The quantitative estimate of drug-likeness (QED) is 0.375. The van der Waals surface area contributed by atoms with Crippen LogP contribution in [0.15, 0.2) is 10.3 Å². The molecule has 0 aliphatic rings. The summed E-state index contributed by atoms with van der Waals surface area (Å²) in [5.41, 5.74) is 0.278. The van der Waals surface area contributed by atoms with Crippen molar-refractivity contribution >= 4 is 11.4 Å². The molecule has 46 valence electrons. The van der Waals surface area contributed by atoms with E-state index in [9.17, 15) is 10.4 Å². The van der Waals surface area contributed by atoms with Crippen molar-refractivity contribution in [1.29, 1.82) is 0 Å². The van der Waals surface area contributed by atoms with E-state index in [1.165, 1.54) is 13.8 Å². The molecular formula is C4H6N2O2-2. The van der Waals surface area contributed by atoms with Gasteiger partial charge in [-0.1, -0.05) is 0 Å². The largest absolute Gasteiger partial charge is 0.792 e. The second-order valence-electron chi connectivity index (χ2n) is 1.35. The highest BCUT2D eigenvalue weighted by molar-refractivity contribution is 6.40. The van der Waals surface area contributed by atoms with E-state index in [1.807, 2.05) is 0 Å². The first-order chi connectivity index (χ1) is 3.72. The maximum atomic E-state index is 9.60. The molecule has 0 saturated heterocycles. The van der Waals surface area contributed by atoms with E-state index < -0.39 is 0 Å². The average molecular weight is 114 g/mol. The molecular weight excluding hydrogens is 108 g/mol. The molecule has 0 aliphatic heterocycles. The minimum atomic E-state index is 0.139. The van der Waals surface area contributed by atoms with Gasteiger partial charge in [-0.05, 0) is 13.8 Å². The van der Waals surface area contributed by atoms with Crippen LogP contribution in [-0.4, -0.2) is 11.4 Å². The molecule has 0 aromatic rings. The van der Waals surface area contributed by atoms with Gasteiger partial charge in [-0.3, -0.25) is 0 Å². The Morgan fingerprint density at radius 2 is 1.25 bits per heavy atom. The molecule has 0 heterocycles. The summed E-state index contributed by atoms with van der Waals surface area (Å²) in [4.78, 5) is 0. The van der Waals surface area contributed by atoms with Gasteiger partial charge in [-0.15, -0.1) is 0 Å². The molecule has 0 unspecified atom stereocenters. The first-order valence-corrected chi connectivity index (χ1v) is 2.06. The maximum absolute atomic E-state index is 9.60. The highest BCUT2D eigenvalue weighted by Gasteiger charge is 1.86. The van der Waals surface area contributed by atoms with Crippen LogP contribution >= 0.6 is 0 Å². The molecule has 8 heavy (non-hydrogen) atoms. The third kappa shape index (κ3) is 1.59. The van der Waals surface area contributed by atoms with Crippen LogP contribution < -0.4 is 0 Å². The predicted molar refractivity (Wildman–Crippen MR) is 33.0 cm³/mol. The van der Waals surface area contributed by atoms with E-state index in [1.54, 1.807) is 0 Å². The first-order valence-electron chi connectivity index (χ1n) is 2.06. The average Bonchev–Trinajstić information content (AvgIpc) is 1.84. The number of nitrogens with zero attached hydrogens (tertiary/aromatic N) is 2. The van der Waals surface area contributed by atoms with Gasteiger partial charge in [0.1, 0.15) is 0 Å². The second kappa shape index (κ2) is 3.01. The fourth-order valence-corrected chi connectivity index (χ4v) is 0.132. The van der Waals surface area contributed by atoms with Gasteiger partial charge < -0.3 is 20.7 Å². The van der Waals surface area contributed by atoms with Crippen molar-refractivity contribution in [3.8, 4) is 0 Å². The highest BCUT2D eigenvalue weighted by Crippen LogP contribution is 1.80. The number of hydrogen-bond donors (Lipinski definition) is 0. The van der Waals surface area contributed by atoms with Gasteiger partial charge in [-0.25, -0.2) is 0 Å². The molecule has 0 rings (SSSR count). The molecule has 0 radical (unpaired) electrons. The number of rotatable bonds is 1. The van der Waals surface area contributed by atoms with Crippen LogP contribution in [0.4, 0.5) is 0 Å². The van der Waals surface area contributed by atoms with Gasteiger partial charge in [0.15, 0.2) is 0 Å². The Balaban J connectivity index is 4.04. The second-order valence-corrected chi connectivity index (χ2v) is 1.35. The lowest BCUT2D eigenvalue weighted by atomic mass is 10.3. The molecule has 0 amide bonds. The fraction of sp³-hybridized carbons (Fsp3) is 0.500. The Bertz CT molecular complexity index is 112. The molecule has 0 spiro atoms. The third-order valence-electron chi connectivity index (χ3n) is 0.797. The van der Waals surface area contributed by atoms with Gasteiger partial charge in [0, 0.05) is 11.4 Å². The van der Waals surface area contributed by atoms with Crippen molar-refractivity contribution < 1.29 is 0 Å². The summed E-state index contributed by atoms with van der Waals surface area (Å²) in [6.45, 7) is 2.87. The highest BCUT2D eigenvalue weighted by atomic mass is 16.4. The van der Waals surface area contributed by atoms with Crippen molar-refractivity contribution in [3.63, 3.8) is 0 Å². The van der Waals surface area contributed by atoms with Crippen LogP contribution in [0.5, 0.6) is 0 Å². The van der Waals surface area contributed by atoms with E-state index >= 15 is 0 Å². The van der Waals surface area contributed by atoms with Gasteiger partial charge in [-0.2, -0.15) is 0 Å². The van der Waals surface area contributed by atoms with Crippen molar-refractivity contribution in [2.75, 3.05) is 0 Å².